The second-order valence-corrected chi connectivity index (χ2v) is 6.34. The molecule has 0 bridgehead atoms. The second kappa shape index (κ2) is 6.71. The molecule has 1 amide bonds. The van der Waals surface area contributed by atoms with Gasteiger partial charge in [0.25, 0.3) is 0 Å². The Balaban J connectivity index is 1.87. The van der Waals surface area contributed by atoms with Crippen molar-refractivity contribution in [3.8, 4) is 0 Å². The first-order valence-corrected chi connectivity index (χ1v) is 7.79. The van der Waals surface area contributed by atoms with Gasteiger partial charge in [-0.25, -0.2) is 0 Å². The molecule has 4 heteroatoms. The van der Waals surface area contributed by atoms with Crippen LogP contribution >= 0.6 is 0 Å². The zero-order valence-electron chi connectivity index (χ0n) is 12.1. The number of carbonyl (C=O) groups is 1. The Hall–Kier alpha value is -0.610. The first kappa shape index (κ1) is 14.8. The Morgan fingerprint density at radius 1 is 1.16 bits per heavy atom. The van der Waals surface area contributed by atoms with Gasteiger partial charge in [-0.1, -0.05) is 25.7 Å². The van der Waals surface area contributed by atoms with E-state index in [1.807, 2.05) is 7.05 Å². The number of nitrogens with two attached hydrogens (primary N) is 1. The molecule has 4 atom stereocenters. The summed E-state index contributed by atoms with van der Waals surface area (Å²) in [5, 5.41) is 10.0. The number of amides is 1. The zero-order valence-corrected chi connectivity index (χ0v) is 12.1. The third-order valence-electron chi connectivity index (χ3n) is 4.99. The van der Waals surface area contributed by atoms with Gasteiger partial charge in [-0.2, -0.15) is 0 Å². The summed E-state index contributed by atoms with van der Waals surface area (Å²) in [6.07, 6.45) is 8.68. The SMILES string of the molecule is CN(C(=O)CC1CCCCC1N)C1CCCCC1O. The van der Waals surface area contributed by atoms with E-state index < -0.39 is 0 Å². The van der Waals surface area contributed by atoms with Crippen LogP contribution in [0.1, 0.15) is 57.8 Å². The van der Waals surface area contributed by atoms with Gasteiger partial charge >= 0.3 is 0 Å². The molecule has 2 aliphatic carbocycles. The van der Waals surface area contributed by atoms with Gasteiger partial charge < -0.3 is 15.7 Å². The van der Waals surface area contributed by atoms with Crippen LogP contribution < -0.4 is 5.73 Å². The fraction of sp³-hybridized carbons (Fsp3) is 0.933. The predicted octanol–water partition coefficient (Wildman–Crippen LogP) is 1.66. The van der Waals surface area contributed by atoms with Gasteiger partial charge in [0.1, 0.15) is 0 Å². The van der Waals surface area contributed by atoms with E-state index in [2.05, 4.69) is 0 Å². The van der Waals surface area contributed by atoms with Crippen LogP contribution in [0.2, 0.25) is 0 Å². The quantitative estimate of drug-likeness (QED) is 0.818. The fourth-order valence-electron chi connectivity index (χ4n) is 3.59. The van der Waals surface area contributed by atoms with Gasteiger partial charge in [0.2, 0.25) is 5.91 Å². The molecule has 2 rings (SSSR count). The highest BCUT2D eigenvalue weighted by Gasteiger charge is 2.31. The van der Waals surface area contributed by atoms with Gasteiger partial charge in [0.05, 0.1) is 12.1 Å². The number of likely N-dealkylation sites (N-methyl/N-ethyl adjacent to an activating group) is 1. The lowest BCUT2D eigenvalue weighted by Crippen LogP contribution is -2.47. The maximum Gasteiger partial charge on any atom is 0.222 e. The van der Waals surface area contributed by atoms with Crippen LogP contribution in [0, 0.1) is 5.92 Å². The zero-order chi connectivity index (χ0) is 13.8. The van der Waals surface area contributed by atoms with Crippen molar-refractivity contribution in [1.29, 1.82) is 0 Å². The summed E-state index contributed by atoms with van der Waals surface area (Å²) >= 11 is 0. The normalized spacial score (nSPS) is 35.9. The molecule has 0 radical (unpaired) electrons. The van der Waals surface area contributed by atoms with Crippen LogP contribution in [0.4, 0.5) is 0 Å². The predicted molar refractivity (Wildman–Crippen MR) is 75.6 cm³/mol. The first-order chi connectivity index (χ1) is 9.09. The van der Waals surface area contributed by atoms with Gasteiger partial charge in [0.15, 0.2) is 0 Å². The number of aliphatic hydroxyl groups excluding tert-OH is 1. The van der Waals surface area contributed by atoms with E-state index in [9.17, 15) is 9.90 Å². The highest BCUT2D eigenvalue weighted by Crippen LogP contribution is 2.28. The van der Waals surface area contributed by atoms with Crippen LogP contribution in [0.5, 0.6) is 0 Å². The summed E-state index contributed by atoms with van der Waals surface area (Å²) in [7, 11) is 1.84. The molecule has 0 saturated heterocycles. The topological polar surface area (TPSA) is 66.6 Å². The van der Waals surface area contributed by atoms with Crippen molar-refractivity contribution >= 4 is 5.91 Å². The Kier molecular flexibility index (Phi) is 5.22. The van der Waals surface area contributed by atoms with Crippen molar-refractivity contribution in [3.05, 3.63) is 0 Å². The summed E-state index contributed by atoms with van der Waals surface area (Å²) in [4.78, 5) is 14.1. The number of rotatable bonds is 3. The highest BCUT2D eigenvalue weighted by molar-refractivity contribution is 5.76. The summed E-state index contributed by atoms with van der Waals surface area (Å²) in [5.41, 5.74) is 6.11. The van der Waals surface area contributed by atoms with Crippen molar-refractivity contribution in [2.24, 2.45) is 11.7 Å². The van der Waals surface area contributed by atoms with Gasteiger partial charge in [-0.05, 0) is 31.6 Å². The summed E-state index contributed by atoms with van der Waals surface area (Å²) in [6.45, 7) is 0. The minimum absolute atomic E-state index is 0.0149. The Morgan fingerprint density at radius 2 is 1.79 bits per heavy atom. The van der Waals surface area contributed by atoms with Crippen molar-refractivity contribution in [2.75, 3.05) is 7.05 Å². The van der Waals surface area contributed by atoms with Crippen molar-refractivity contribution in [2.45, 2.75) is 76.0 Å². The fourth-order valence-corrected chi connectivity index (χ4v) is 3.59. The van der Waals surface area contributed by atoms with E-state index in [-0.39, 0.29) is 24.1 Å². The minimum atomic E-state index is -0.345. The molecule has 2 saturated carbocycles. The van der Waals surface area contributed by atoms with Crippen LogP contribution in [0.25, 0.3) is 0 Å². The molecule has 4 unspecified atom stereocenters. The lowest BCUT2D eigenvalue weighted by atomic mass is 9.82. The minimum Gasteiger partial charge on any atom is -0.391 e. The van der Waals surface area contributed by atoms with Gasteiger partial charge in [0, 0.05) is 19.5 Å². The van der Waals surface area contributed by atoms with Crippen LogP contribution in [0.3, 0.4) is 0 Å². The number of carbonyl (C=O) groups excluding carboxylic acids is 1. The number of aliphatic hydroxyl groups is 1. The lowest BCUT2D eigenvalue weighted by Gasteiger charge is -2.37. The number of hydrogen-bond acceptors (Lipinski definition) is 3. The van der Waals surface area contributed by atoms with Crippen molar-refractivity contribution in [3.63, 3.8) is 0 Å². The average Bonchev–Trinajstić information content (AvgIpc) is 2.41. The van der Waals surface area contributed by atoms with Crippen molar-refractivity contribution in [1.82, 2.24) is 4.90 Å². The largest absolute Gasteiger partial charge is 0.391 e. The third-order valence-corrected chi connectivity index (χ3v) is 4.99. The maximum atomic E-state index is 12.4. The van der Waals surface area contributed by atoms with E-state index in [0.29, 0.717) is 12.3 Å². The summed E-state index contributed by atoms with van der Waals surface area (Å²) < 4.78 is 0. The Morgan fingerprint density at radius 3 is 2.47 bits per heavy atom. The van der Waals surface area contributed by atoms with E-state index in [1.165, 1.54) is 12.8 Å². The molecular formula is C15H28N2O2. The molecule has 4 nitrogen and oxygen atoms in total. The highest BCUT2D eigenvalue weighted by atomic mass is 16.3. The Labute approximate surface area is 116 Å². The molecule has 2 aliphatic rings. The molecule has 0 spiro atoms. The van der Waals surface area contributed by atoms with Gasteiger partial charge in [-0.3, -0.25) is 4.79 Å². The molecule has 3 N–H and O–H groups in total. The molecule has 0 aromatic carbocycles. The molecule has 2 fully saturated rings. The standard InChI is InChI=1S/C15H28N2O2/c1-17(13-8-4-5-9-14(13)18)15(19)10-11-6-2-3-7-12(11)16/h11-14,18H,2-10,16H2,1H3. The van der Waals surface area contributed by atoms with E-state index in [0.717, 1.165) is 38.5 Å². The summed E-state index contributed by atoms with van der Waals surface area (Å²) in [6, 6.07) is 0.198. The number of hydrogen-bond donors (Lipinski definition) is 2. The summed E-state index contributed by atoms with van der Waals surface area (Å²) in [5.74, 6) is 0.498. The van der Waals surface area contributed by atoms with Crippen LogP contribution in [-0.4, -0.2) is 41.1 Å². The van der Waals surface area contributed by atoms with Crippen LogP contribution in [0.15, 0.2) is 0 Å². The monoisotopic (exact) mass is 268 g/mol. The second-order valence-electron chi connectivity index (χ2n) is 6.34. The molecule has 0 aliphatic heterocycles. The number of nitrogens with zero attached hydrogens (tertiary/aromatic N) is 1. The average molecular weight is 268 g/mol. The van der Waals surface area contributed by atoms with E-state index in [4.69, 9.17) is 5.73 Å². The first-order valence-electron chi connectivity index (χ1n) is 7.79. The van der Waals surface area contributed by atoms with Gasteiger partial charge in [-0.15, -0.1) is 0 Å². The smallest absolute Gasteiger partial charge is 0.222 e. The maximum absolute atomic E-state index is 12.4. The molecule has 0 aromatic heterocycles. The van der Waals surface area contributed by atoms with E-state index in [1.54, 1.807) is 4.90 Å². The van der Waals surface area contributed by atoms with Crippen LogP contribution in [-0.2, 0) is 4.79 Å². The lowest BCUT2D eigenvalue weighted by molar-refractivity contribution is -0.136. The molecule has 110 valence electrons. The molecular weight excluding hydrogens is 240 g/mol. The molecule has 0 heterocycles. The Bertz CT molecular complexity index is 309. The van der Waals surface area contributed by atoms with E-state index >= 15 is 0 Å². The van der Waals surface area contributed by atoms with Crippen molar-refractivity contribution < 1.29 is 9.90 Å². The molecule has 19 heavy (non-hydrogen) atoms. The third kappa shape index (κ3) is 3.69. The molecule has 0 aromatic rings.